The van der Waals surface area contributed by atoms with Crippen LogP contribution in [-0.2, 0) is 12.8 Å². The summed E-state index contributed by atoms with van der Waals surface area (Å²) < 4.78 is 23.4. The van der Waals surface area contributed by atoms with E-state index in [1.54, 1.807) is 26.4 Å². The SMILES string of the molecule is COc1ccc(CC(N)Cc2ccc(F)cc2)c(OC)c1. The maximum Gasteiger partial charge on any atom is 0.125 e. The molecule has 0 radical (unpaired) electrons. The highest BCUT2D eigenvalue weighted by Crippen LogP contribution is 2.25. The number of rotatable bonds is 6. The van der Waals surface area contributed by atoms with Gasteiger partial charge in [-0.1, -0.05) is 18.2 Å². The average Bonchev–Trinajstić information content (AvgIpc) is 2.50. The van der Waals surface area contributed by atoms with Crippen molar-refractivity contribution in [3.8, 4) is 11.5 Å². The summed E-state index contributed by atoms with van der Waals surface area (Å²) in [6.07, 6.45) is 1.38. The molecule has 0 fully saturated rings. The molecule has 0 heterocycles. The van der Waals surface area contributed by atoms with E-state index in [-0.39, 0.29) is 11.9 Å². The molecule has 0 saturated carbocycles. The van der Waals surface area contributed by atoms with Gasteiger partial charge < -0.3 is 15.2 Å². The molecule has 0 aromatic heterocycles. The monoisotopic (exact) mass is 289 g/mol. The number of hydrogen-bond donors (Lipinski definition) is 1. The molecule has 4 heteroatoms. The molecule has 0 saturated heterocycles. The summed E-state index contributed by atoms with van der Waals surface area (Å²) in [7, 11) is 3.25. The summed E-state index contributed by atoms with van der Waals surface area (Å²) in [5.41, 5.74) is 8.25. The van der Waals surface area contributed by atoms with Crippen LogP contribution >= 0.6 is 0 Å². The number of ether oxygens (including phenoxy) is 2. The number of hydrogen-bond acceptors (Lipinski definition) is 3. The van der Waals surface area contributed by atoms with Crippen LogP contribution < -0.4 is 15.2 Å². The lowest BCUT2D eigenvalue weighted by Gasteiger charge is -2.15. The highest BCUT2D eigenvalue weighted by Gasteiger charge is 2.11. The predicted molar refractivity (Wildman–Crippen MR) is 81.3 cm³/mol. The first kappa shape index (κ1) is 15.3. The van der Waals surface area contributed by atoms with E-state index in [1.807, 2.05) is 18.2 Å². The van der Waals surface area contributed by atoms with Crippen LogP contribution in [0.3, 0.4) is 0 Å². The summed E-state index contributed by atoms with van der Waals surface area (Å²) >= 11 is 0. The fourth-order valence-electron chi connectivity index (χ4n) is 2.30. The Bertz CT molecular complexity index is 584. The van der Waals surface area contributed by atoms with Gasteiger partial charge in [-0.15, -0.1) is 0 Å². The molecule has 0 spiro atoms. The van der Waals surface area contributed by atoms with E-state index in [1.165, 1.54) is 12.1 Å². The van der Waals surface area contributed by atoms with Gasteiger partial charge in [0.15, 0.2) is 0 Å². The van der Waals surface area contributed by atoms with E-state index in [2.05, 4.69) is 0 Å². The molecular weight excluding hydrogens is 269 g/mol. The van der Waals surface area contributed by atoms with E-state index in [0.29, 0.717) is 12.8 Å². The smallest absolute Gasteiger partial charge is 0.125 e. The Morgan fingerprint density at radius 1 is 1.00 bits per heavy atom. The minimum atomic E-state index is -0.232. The molecule has 2 N–H and O–H groups in total. The first-order valence-corrected chi connectivity index (χ1v) is 6.83. The van der Waals surface area contributed by atoms with Gasteiger partial charge in [0.05, 0.1) is 14.2 Å². The molecule has 0 aliphatic carbocycles. The van der Waals surface area contributed by atoms with Crippen LogP contribution in [0.2, 0.25) is 0 Å². The quantitative estimate of drug-likeness (QED) is 0.889. The Morgan fingerprint density at radius 2 is 1.71 bits per heavy atom. The molecule has 0 amide bonds. The lowest BCUT2D eigenvalue weighted by Crippen LogP contribution is -2.25. The van der Waals surface area contributed by atoms with Gasteiger partial charge in [0, 0.05) is 12.1 Å². The Labute approximate surface area is 124 Å². The third-order valence-electron chi connectivity index (χ3n) is 3.39. The summed E-state index contributed by atoms with van der Waals surface area (Å²) in [4.78, 5) is 0. The Hall–Kier alpha value is -2.07. The molecule has 1 atom stereocenters. The van der Waals surface area contributed by atoms with Crippen molar-refractivity contribution >= 4 is 0 Å². The van der Waals surface area contributed by atoms with Crippen LogP contribution in [0.5, 0.6) is 11.5 Å². The molecule has 0 aliphatic heterocycles. The second-order valence-corrected chi connectivity index (χ2v) is 4.97. The molecule has 0 bridgehead atoms. The first-order chi connectivity index (χ1) is 10.1. The van der Waals surface area contributed by atoms with Gasteiger partial charge >= 0.3 is 0 Å². The van der Waals surface area contributed by atoms with Crippen molar-refractivity contribution in [2.24, 2.45) is 5.73 Å². The minimum absolute atomic E-state index is 0.0576. The maximum absolute atomic E-state index is 12.9. The fourth-order valence-corrected chi connectivity index (χ4v) is 2.30. The van der Waals surface area contributed by atoms with Gasteiger partial charge in [-0.05, 0) is 42.2 Å². The Morgan fingerprint density at radius 3 is 2.33 bits per heavy atom. The lowest BCUT2D eigenvalue weighted by molar-refractivity contribution is 0.390. The highest BCUT2D eigenvalue weighted by atomic mass is 19.1. The van der Waals surface area contributed by atoms with E-state index in [0.717, 1.165) is 22.6 Å². The zero-order valence-corrected chi connectivity index (χ0v) is 12.3. The largest absolute Gasteiger partial charge is 0.497 e. The molecule has 2 aromatic carbocycles. The van der Waals surface area contributed by atoms with Crippen molar-refractivity contribution < 1.29 is 13.9 Å². The van der Waals surface area contributed by atoms with Crippen LogP contribution in [0.1, 0.15) is 11.1 Å². The highest BCUT2D eigenvalue weighted by molar-refractivity contribution is 5.41. The van der Waals surface area contributed by atoms with Crippen molar-refractivity contribution in [3.05, 3.63) is 59.4 Å². The van der Waals surface area contributed by atoms with Gasteiger partial charge in [0.2, 0.25) is 0 Å². The van der Waals surface area contributed by atoms with Crippen molar-refractivity contribution in [2.75, 3.05) is 14.2 Å². The molecule has 112 valence electrons. The molecular formula is C17H20FNO2. The van der Waals surface area contributed by atoms with Gasteiger partial charge in [-0.3, -0.25) is 0 Å². The van der Waals surface area contributed by atoms with E-state index >= 15 is 0 Å². The van der Waals surface area contributed by atoms with E-state index in [4.69, 9.17) is 15.2 Å². The van der Waals surface area contributed by atoms with Crippen LogP contribution in [0.15, 0.2) is 42.5 Å². The minimum Gasteiger partial charge on any atom is -0.497 e. The van der Waals surface area contributed by atoms with Gasteiger partial charge in [-0.2, -0.15) is 0 Å². The van der Waals surface area contributed by atoms with Crippen molar-refractivity contribution in [2.45, 2.75) is 18.9 Å². The number of halogens is 1. The third-order valence-corrected chi connectivity index (χ3v) is 3.39. The zero-order chi connectivity index (χ0) is 15.2. The molecule has 1 unspecified atom stereocenters. The van der Waals surface area contributed by atoms with Crippen LogP contribution in [0, 0.1) is 5.82 Å². The number of methoxy groups -OCH3 is 2. The Kier molecular flexibility index (Phi) is 5.17. The first-order valence-electron chi connectivity index (χ1n) is 6.83. The third kappa shape index (κ3) is 4.20. The second-order valence-electron chi connectivity index (χ2n) is 4.97. The summed E-state index contributed by atoms with van der Waals surface area (Å²) in [5, 5.41) is 0. The fraction of sp³-hybridized carbons (Fsp3) is 0.294. The predicted octanol–water partition coefficient (Wildman–Crippen LogP) is 2.96. The van der Waals surface area contributed by atoms with Crippen molar-refractivity contribution in [3.63, 3.8) is 0 Å². The summed E-state index contributed by atoms with van der Waals surface area (Å²) in [6, 6.07) is 12.1. The molecule has 2 aromatic rings. The van der Waals surface area contributed by atoms with Crippen LogP contribution in [-0.4, -0.2) is 20.3 Å². The molecule has 3 nitrogen and oxygen atoms in total. The molecule has 2 rings (SSSR count). The van der Waals surface area contributed by atoms with Crippen LogP contribution in [0.4, 0.5) is 4.39 Å². The van der Waals surface area contributed by atoms with Crippen molar-refractivity contribution in [1.29, 1.82) is 0 Å². The van der Waals surface area contributed by atoms with Crippen molar-refractivity contribution in [1.82, 2.24) is 0 Å². The number of benzene rings is 2. The second kappa shape index (κ2) is 7.09. The van der Waals surface area contributed by atoms with Gasteiger partial charge in [0.1, 0.15) is 17.3 Å². The van der Waals surface area contributed by atoms with E-state index < -0.39 is 0 Å². The lowest BCUT2D eigenvalue weighted by atomic mass is 9.99. The maximum atomic E-state index is 12.9. The van der Waals surface area contributed by atoms with E-state index in [9.17, 15) is 4.39 Å². The molecule has 0 aliphatic rings. The summed E-state index contributed by atoms with van der Waals surface area (Å²) in [5.74, 6) is 1.29. The molecule has 21 heavy (non-hydrogen) atoms. The zero-order valence-electron chi connectivity index (χ0n) is 12.3. The summed E-state index contributed by atoms with van der Waals surface area (Å²) in [6.45, 7) is 0. The van der Waals surface area contributed by atoms with Gasteiger partial charge in [0.25, 0.3) is 0 Å². The van der Waals surface area contributed by atoms with Crippen LogP contribution in [0.25, 0.3) is 0 Å². The average molecular weight is 289 g/mol. The number of nitrogens with two attached hydrogens (primary N) is 1. The topological polar surface area (TPSA) is 44.5 Å². The standard InChI is InChI=1S/C17H20FNO2/c1-20-16-8-5-13(17(11-16)21-2)10-15(19)9-12-3-6-14(18)7-4-12/h3-8,11,15H,9-10,19H2,1-2H3. The van der Waals surface area contributed by atoms with Gasteiger partial charge in [-0.25, -0.2) is 4.39 Å². The Balaban J connectivity index is 2.05. The normalized spacial score (nSPS) is 12.0.